The van der Waals surface area contributed by atoms with E-state index in [0.29, 0.717) is 12.3 Å². The van der Waals surface area contributed by atoms with Gasteiger partial charge >= 0.3 is 0 Å². The Bertz CT molecular complexity index is 416. The lowest BCUT2D eigenvalue weighted by Gasteiger charge is -2.18. The fourth-order valence-electron chi connectivity index (χ4n) is 2.33. The number of hydrogen-bond donors (Lipinski definition) is 1. The van der Waals surface area contributed by atoms with Crippen LogP contribution in [0.5, 0.6) is 0 Å². The second-order valence-electron chi connectivity index (χ2n) is 5.05. The Morgan fingerprint density at radius 1 is 1.50 bits per heavy atom. The molecule has 1 saturated heterocycles. The highest BCUT2D eigenvalue weighted by Crippen LogP contribution is 2.19. The van der Waals surface area contributed by atoms with Crippen LogP contribution in [-0.4, -0.2) is 29.9 Å². The van der Waals surface area contributed by atoms with Gasteiger partial charge in [0.2, 0.25) is 5.91 Å². The summed E-state index contributed by atoms with van der Waals surface area (Å²) in [7, 11) is 0. The maximum absolute atomic E-state index is 12.8. The maximum Gasteiger partial charge on any atom is 0.226 e. The number of hydrogen-bond acceptors (Lipinski definition) is 2. The highest BCUT2D eigenvalue weighted by atomic mass is 19.1. The molecule has 1 aromatic carbocycles. The fraction of sp³-hybridized carbons (Fsp3) is 0.500. The molecule has 0 bridgehead atoms. The molecule has 1 heterocycles. The van der Waals surface area contributed by atoms with Gasteiger partial charge in [0.15, 0.2) is 0 Å². The van der Waals surface area contributed by atoms with Crippen LogP contribution in [0.1, 0.15) is 18.9 Å². The van der Waals surface area contributed by atoms with Crippen molar-refractivity contribution in [2.45, 2.75) is 25.8 Å². The molecule has 2 atom stereocenters. The smallest absolute Gasteiger partial charge is 0.226 e. The molecule has 0 spiro atoms. The second kappa shape index (κ2) is 5.48. The number of likely N-dealkylation sites (tertiary alicyclic amines) is 1. The zero-order valence-corrected chi connectivity index (χ0v) is 10.6. The van der Waals surface area contributed by atoms with Gasteiger partial charge in [0.1, 0.15) is 5.82 Å². The molecule has 18 heavy (non-hydrogen) atoms. The molecule has 0 aliphatic carbocycles. The summed E-state index contributed by atoms with van der Waals surface area (Å²) in [6, 6.07) is 6.22. The first-order chi connectivity index (χ1) is 8.56. The van der Waals surface area contributed by atoms with Gasteiger partial charge in [-0.25, -0.2) is 4.39 Å². The molecule has 3 nitrogen and oxygen atoms in total. The van der Waals surface area contributed by atoms with E-state index in [1.54, 1.807) is 12.1 Å². The van der Waals surface area contributed by atoms with Crippen molar-refractivity contribution in [3.63, 3.8) is 0 Å². The molecule has 1 amide bonds. The van der Waals surface area contributed by atoms with Gasteiger partial charge in [0.05, 0.1) is 6.42 Å². The molecule has 1 aliphatic rings. The number of amides is 1. The highest BCUT2D eigenvalue weighted by Gasteiger charge is 2.28. The Morgan fingerprint density at radius 3 is 2.72 bits per heavy atom. The van der Waals surface area contributed by atoms with E-state index < -0.39 is 0 Å². The largest absolute Gasteiger partial charge is 0.342 e. The summed E-state index contributed by atoms with van der Waals surface area (Å²) in [6.45, 7) is 3.52. The van der Waals surface area contributed by atoms with E-state index in [9.17, 15) is 9.18 Å². The summed E-state index contributed by atoms with van der Waals surface area (Å²) in [5, 5.41) is 0. The van der Waals surface area contributed by atoms with Gasteiger partial charge in [-0.05, 0) is 37.0 Å². The van der Waals surface area contributed by atoms with Crippen LogP contribution in [0.3, 0.4) is 0 Å². The van der Waals surface area contributed by atoms with Gasteiger partial charge in [-0.1, -0.05) is 12.1 Å². The third kappa shape index (κ3) is 3.07. The average Bonchev–Trinajstić information content (AvgIpc) is 2.81. The number of benzene rings is 1. The van der Waals surface area contributed by atoms with Gasteiger partial charge in [0, 0.05) is 19.1 Å². The molecule has 1 fully saturated rings. The lowest BCUT2D eigenvalue weighted by Crippen LogP contribution is -2.33. The number of nitrogens with zero attached hydrogens (tertiary/aromatic N) is 1. The molecule has 1 aromatic rings. The Kier molecular flexibility index (Phi) is 3.97. The summed E-state index contributed by atoms with van der Waals surface area (Å²) in [5.74, 6) is 0.233. The topological polar surface area (TPSA) is 46.3 Å². The average molecular weight is 250 g/mol. The van der Waals surface area contributed by atoms with Crippen LogP contribution in [0.15, 0.2) is 24.3 Å². The standard InChI is InChI=1S/C14H19FN2O/c1-10(16)12-6-7-17(9-12)14(18)8-11-2-4-13(15)5-3-11/h2-5,10,12H,6-9,16H2,1H3. The summed E-state index contributed by atoms with van der Waals surface area (Å²) in [6.07, 6.45) is 1.32. The first kappa shape index (κ1) is 13.0. The van der Waals surface area contributed by atoms with Gasteiger partial charge in [-0.15, -0.1) is 0 Å². The van der Waals surface area contributed by atoms with Crippen molar-refractivity contribution in [1.82, 2.24) is 4.90 Å². The molecule has 2 N–H and O–H groups in total. The first-order valence-electron chi connectivity index (χ1n) is 6.34. The number of nitrogens with two attached hydrogens (primary N) is 1. The summed E-state index contributed by atoms with van der Waals surface area (Å²) in [4.78, 5) is 13.9. The number of carbonyl (C=O) groups is 1. The minimum atomic E-state index is -0.274. The number of halogens is 1. The van der Waals surface area contributed by atoms with Gasteiger partial charge in [0.25, 0.3) is 0 Å². The van der Waals surface area contributed by atoms with E-state index in [1.807, 2.05) is 11.8 Å². The van der Waals surface area contributed by atoms with Crippen molar-refractivity contribution < 1.29 is 9.18 Å². The van der Waals surface area contributed by atoms with Gasteiger partial charge in [-0.3, -0.25) is 4.79 Å². The van der Waals surface area contributed by atoms with E-state index in [-0.39, 0.29) is 17.8 Å². The lowest BCUT2D eigenvalue weighted by molar-refractivity contribution is -0.129. The predicted octanol–water partition coefficient (Wildman–Crippen LogP) is 1.56. The molecular formula is C14H19FN2O. The normalized spacial score (nSPS) is 21.1. The van der Waals surface area contributed by atoms with E-state index in [0.717, 1.165) is 25.1 Å². The van der Waals surface area contributed by atoms with Crippen molar-refractivity contribution in [3.05, 3.63) is 35.6 Å². The Balaban J connectivity index is 1.91. The van der Waals surface area contributed by atoms with Crippen LogP contribution in [0.25, 0.3) is 0 Å². The third-order valence-corrected chi connectivity index (χ3v) is 3.59. The van der Waals surface area contributed by atoms with Crippen molar-refractivity contribution in [1.29, 1.82) is 0 Å². The Hall–Kier alpha value is -1.42. The van der Waals surface area contributed by atoms with E-state index in [2.05, 4.69) is 0 Å². The van der Waals surface area contributed by atoms with Crippen LogP contribution in [0, 0.1) is 11.7 Å². The number of rotatable bonds is 3. The highest BCUT2D eigenvalue weighted by molar-refractivity contribution is 5.79. The van der Waals surface area contributed by atoms with Crippen molar-refractivity contribution in [2.75, 3.05) is 13.1 Å². The van der Waals surface area contributed by atoms with Crippen LogP contribution >= 0.6 is 0 Å². The van der Waals surface area contributed by atoms with Crippen LogP contribution in [0.2, 0.25) is 0 Å². The number of carbonyl (C=O) groups excluding carboxylic acids is 1. The predicted molar refractivity (Wildman–Crippen MR) is 68.4 cm³/mol. The molecule has 98 valence electrons. The molecule has 0 saturated carbocycles. The van der Waals surface area contributed by atoms with E-state index in [4.69, 9.17) is 5.73 Å². The van der Waals surface area contributed by atoms with Crippen molar-refractivity contribution in [3.8, 4) is 0 Å². The molecule has 4 heteroatoms. The molecule has 1 aliphatic heterocycles. The molecule has 2 unspecified atom stereocenters. The zero-order chi connectivity index (χ0) is 13.1. The quantitative estimate of drug-likeness (QED) is 0.885. The van der Waals surface area contributed by atoms with Crippen LogP contribution in [0.4, 0.5) is 4.39 Å². The molecule has 0 aromatic heterocycles. The lowest BCUT2D eigenvalue weighted by atomic mass is 10.0. The van der Waals surface area contributed by atoms with Crippen LogP contribution < -0.4 is 5.73 Å². The first-order valence-corrected chi connectivity index (χ1v) is 6.34. The van der Waals surface area contributed by atoms with Crippen molar-refractivity contribution in [2.24, 2.45) is 11.7 Å². The third-order valence-electron chi connectivity index (χ3n) is 3.59. The second-order valence-corrected chi connectivity index (χ2v) is 5.05. The Morgan fingerprint density at radius 2 is 2.17 bits per heavy atom. The zero-order valence-electron chi connectivity index (χ0n) is 10.6. The van der Waals surface area contributed by atoms with Gasteiger partial charge in [-0.2, -0.15) is 0 Å². The molecular weight excluding hydrogens is 231 g/mol. The van der Waals surface area contributed by atoms with E-state index >= 15 is 0 Å². The summed E-state index contributed by atoms with van der Waals surface area (Å²) < 4.78 is 12.8. The van der Waals surface area contributed by atoms with E-state index in [1.165, 1.54) is 12.1 Å². The molecule has 2 rings (SSSR count). The minimum Gasteiger partial charge on any atom is -0.342 e. The summed E-state index contributed by atoms with van der Waals surface area (Å²) >= 11 is 0. The maximum atomic E-state index is 12.8. The molecule has 0 radical (unpaired) electrons. The monoisotopic (exact) mass is 250 g/mol. The minimum absolute atomic E-state index is 0.102. The van der Waals surface area contributed by atoms with Gasteiger partial charge < -0.3 is 10.6 Å². The summed E-state index contributed by atoms with van der Waals surface area (Å²) in [5.41, 5.74) is 6.70. The van der Waals surface area contributed by atoms with Crippen LogP contribution in [-0.2, 0) is 11.2 Å². The van der Waals surface area contributed by atoms with Crippen molar-refractivity contribution >= 4 is 5.91 Å². The fourth-order valence-corrected chi connectivity index (χ4v) is 2.33. The Labute approximate surface area is 107 Å². The SMILES string of the molecule is CC(N)C1CCN(C(=O)Cc2ccc(F)cc2)C1.